The third kappa shape index (κ3) is 5.43. The fraction of sp³-hybridized carbons (Fsp3) is 0.314. The van der Waals surface area contributed by atoms with Gasteiger partial charge in [-0.05, 0) is 92.8 Å². The van der Waals surface area contributed by atoms with Gasteiger partial charge in [-0.15, -0.1) is 0 Å². The zero-order chi connectivity index (χ0) is 29.4. The minimum atomic E-state index is -0.386. The van der Waals surface area contributed by atoms with Crippen LogP contribution in [-0.4, -0.2) is 29.6 Å². The molecule has 2 saturated heterocycles. The van der Waals surface area contributed by atoms with Gasteiger partial charge in [-0.1, -0.05) is 58.3 Å². The Labute approximate surface area is 255 Å². The predicted molar refractivity (Wildman–Crippen MR) is 169 cm³/mol. The van der Waals surface area contributed by atoms with Crippen molar-refractivity contribution in [3.63, 3.8) is 0 Å². The van der Waals surface area contributed by atoms with E-state index in [0.717, 1.165) is 40.7 Å². The highest BCUT2D eigenvalue weighted by molar-refractivity contribution is 9.10. The van der Waals surface area contributed by atoms with Gasteiger partial charge in [-0.2, -0.15) is 0 Å². The number of aromatic hydroxyl groups is 1. The molecule has 216 valence electrons. The van der Waals surface area contributed by atoms with Crippen LogP contribution in [0.15, 0.2) is 94.0 Å². The highest BCUT2D eigenvalue weighted by Gasteiger charge is 2.56. The number of amides is 2. The van der Waals surface area contributed by atoms with Crippen LogP contribution >= 0.6 is 15.9 Å². The first-order chi connectivity index (χ1) is 20.3. The van der Waals surface area contributed by atoms with Gasteiger partial charge in [0.05, 0.1) is 30.2 Å². The smallest absolute Gasteiger partial charge is 0.238 e. The van der Waals surface area contributed by atoms with Crippen LogP contribution in [0.3, 0.4) is 0 Å². The summed E-state index contributed by atoms with van der Waals surface area (Å²) in [4.78, 5) is 28.8. The Balaban J connectivity index is 1.16. The molecule has 4 atom stereocenters. The topological polar surface area (TPSA) is 78.9 Å². The highest BCUT2D eigenvalue weighted by Crippen LogP contribution is 2.50. The summed E-state index contributed by atoms with van der Waals surface area (Å²) >= 11 is 3.49. The summed E-state index contributed by atoms with van der Waals surface area (Å²) in [5.74, 6) is -0.774. The fourth-order valence-electron chi connectivity index (χ4n) is 6.79. The van der Waals surface area contributed by atoms with Gasteiger partial charge >= 0.3 is 0 Å². The van der Waals surface area contributed by atoms with E-state index in [1.54, 1.807) is 6.07 Å². The molecule has 42 heavy (non-hydrogen) atoms. The highest BCUT2D eigenvalue weighted by atomic mass is 79.9. The van der Waals surface area contributed by atoms with E-state index in [0.29, 0.717) is 18.7 Å². The lowest BCUT2D eigenvalue weighted by atomic mass is 9.70. The van der Waals surface area contributed by atoms with Crippen molar-refractivity contribution in [1.82, 2.24) is 0 Å². The molecule has 3 aliphatic rings. The number of rotatable bonds is 8. The zero-order valence-corrected chi connectivity index (χ0v) is 25.4. The maximum Gasteiger partial charge on any atom is 0.238 e. The average molecular weight is 628 g/mol. The molecule has 6 nitrogen and oxygen atoms in total. The lowest BCUT2D eigenvalue weighted by Gasteiger charge is -2.30. The molecule has 6 rings (SSSR count). The molecule has 0 spiro atoms. The first-order valence-corrected chi connectivity index (χ1v) is 15.4. The quantitative estimate of drug-likeness (QED) is 0.195. The van der Waals surface area contributed by atoms with Gasteiger partial charge in [0.25, 0.3) is 0 Å². The molecule has 0 bridgehead atoms. The van der Waals surface area contributed by atoms with Crippen molar-refractivity contribution in [3.8, 4) is 5.75 Å². The third-order valence-corrected chi connectivity index (χ3v) is 9.36. The predicted octanol–water partition coefficient (Wildman–Crippen LogP) is 8.01. The monoisotopic (exact) mass is 626 g/mol. The van der Waals surface area contributed by atoms with Gasteiger partial charge < -0.3 is 15.2 Å². The Kier molecular flexibility index (Phi) is 8.06. The summed E-state index contributed by atoms with van der Waals surface area (Å²) in [7, 11) is 0. The van der Waals surface area contributed by atoms with Crippen molar-refractivity contribution < 1.29 is 19.4 Å². The van der Waals surface area contributed by atoms with Crippen molar-refractivity contribution in [1.29, 1.82) is 0 Å². The number of ether oxygens (including phenoxy) is 1. The number of fused-ring (bicyclic) bond motifs is 3. The molecule has 2 fully saturated rings. The molecule has 7 heteroatoms. The van der Waals surface area contributed by atoms with Crippen LogP contribution in [0.2, 0.25) is 0 Å². The fourth-order valence-corrected chi connectivity index (χ4v) is 7.17. The number of hydrogen-bond acceptors (Lipinski definition) is 5. The number of nitrogens with zero attached hydrogens (tertiary/aromatic N) is 1. The molecule has 1 aliphatic carbocycles. The molecule has 2 N–H and O–H groups in total. The molecule has 0 saturated carbocycles. The van der Waals surface area contributed by atoms with Crippen molar-refractivity contribution in [2.45, 2.75) is 45.6 Å². The molecular formula is C35H35BrN2O4. The van der Waals surface area contributed by atoms with E-state index >= 15 is 0 Å². The van der Waals surface area contributed by atoms with Crippen LogP contribution in [0.5, 0.6) is 5.75 Å². The number of carbonyl (C=O) groups is 2. The standard InChI is InChI=1S/C35H35BrN2O4/c1-3-22(18-23-19-24(36)10-15-30(23)39)9-16-31-32-21(2)17-28-33(29(32)20-42-31)35(41)38(34(28)40)27-13-11-26(12-14-27)37-25-7-5-4-6-8-25/h4-8,10-15,18-19,28-29,31,33,37,39H,3,9,16-17,20H2,1-2H3/b22-18+/t28-,29+,31-,33-/m1/s1. The number of halogens is 1. The van der Waals surface area contributed by atoms with E-state index < -0.39 is 0 Å². The van der Waals surface area contributed by atoms with Crippen molar-refractivity contribution in [3.05, 3.63) is 99.6 Å². The number of benzene rings is 3. The number of para-hydroxylation sites is 1. The molecule has 3 aromatic carbocycles. The maximum absolute atomic E-state index is 13.8. The number of phenols is 1. The Morgan fingerprint density at radius 2 is 1.76 bits per heavy atom. The van der Waals surface area contributed by atoms with Gasteiger partial charge in [-0.3, -0.25) is 14.5 Å². The first-order valence-electron chi connectivity index (χ1n) is 14.6. The van der Waals surface area contributed by atoms with Crippen LogP contribution in [0, 0.1) is 17.8 Å². The van der Waals surface area contributed by atoms with Crippen LogP contribution in [-0.2, 0) is 14.3 Å². The van der Waals surface area contributed by atoms with Crippen molar-refractivity contribution >= 4 is 50.9 Å². The Morgan fingerprint density at radius 1 is 1.02 bits per heavy atom. The lowest BCUT2D eigenvalue weighted by molar-refractivity contribution is -0.122. The van der Waals surface area contributed by atoms with E-state index in [-0.39, 0.29) is 41.4 Å². The number of phenolic OH excluding ortho intramolecular Hbond substituents is 1. The first kappa shape index (κ1) is 28.4. The number of allylic oxidation sites excluding steroid dienone is 2. The van der Waals surface area contributed by atoms with Gasteiger partial charge in [0.1, 0.15) is 5.75 Å². The maximum atomic E-state index is 13.8. The van der Waals surface area contributed by atoms with E-state index in [2.05, 4.69) is 41.2 Å². The van der Waals surface area contributed by atoms with E-state index in [4.69, 9.17) is 4.74 Å². The molecule has 0 unspecified atom stereocenters. The summed E-state index contributed by atoms with van der Waals surface area (Å²) in [5, 5.41) is 13.6. The summed E-state index contributed by atoms with van der Waals surface area (Å²) < 4.78 is 7.25. The van der Waals surface area contributed by atoms with E-state index in [1.165, 1.54) is 21.6 Å². The average Bonchev–Trinajstić information content (AvgIpc) is 3.52. The molecule has 2 aliphatic heterocycles. The van der Waals surface area contributed by atoms with E-state index in [9.17, 15) is 14.7 Å². The summed E-state index contributed by atoms with van der Waals surface area (Å²) in [5.41, 5.74) is 6.89. The van der Waals surface area contributed by atoms with Crippen LogP contribution < -0.4 is 10.2 Å². The lowest BCUT2D eigenvalue weighted by Crippen LogP contribution is -2.34. The van der Waals surface area contributed by atoms with Crippen molar-refractivity contribution in [2.75, 3.05) is 16.8 Å². The third-order valence-electron chi connectivity index (χ3n) is 8.87. The van der Waals surface area contributed by atoms with Crippen LogP contribution in [0.1, 0.15) is 45.1 Å². The second-order valence-corrected chi connectivity index (χ2v) is 12.4. The van der Waals surface area contributed by atoms with Gasteiger partial charge in [-0.25, -0.2) is 0 Å². The van der Waals surface area contributed by atoms with Crippen molar-refractivity contribution in [2.24, 2.45) is 17.8 Å². The summed E-state index contributed by atoms with van der Waals surface area (Å²) in [6.07, 6.45) is 5.08. The number of carbonyl (C=O) groups excluding carboxylic acids is 2. The normalized spacial score (nSPS) is 23.8. The molecule has 2 heterocycles. The summed E-state index contributed by atoms with van der Waals surface area (Å²) in [6.45, 7) is 4.68. The number of imide groups is 1. The largest absolute Gasteiger partial charge is 0.507 e. The molecule has 0 radical (unpaired) electrons. The Bertz CT molecular complexity index is 1560. The minimum Gasteiger partial charge on any atom is -0.507 e. The van der Waals surface area contributed by atoms with Gasteiger partial charge in [0.15, 0.2) is 0 Å². The number of anilines is 3. The second-order valence-electron chi connectivity index (χ2n) is 11.4. The number of nitrogens with one attached hydrogen (secondary N) is 1. The molecular weight excluding hydrogens is 592 g/mol. The molecule has 3 aromatic rings. The van der Waals surface area contributed by atoms with Crippen LogP contribution in [0.4, 0.5) is 17.1 Å². The molecule has 0 aromatic heterocycles. The zero-order valence-electron chi connectivity index (χ0n) is 23.8. The summed E-state index contributed by atoms with van der Waals surface area (Å²) in [6, 6.07) is 22.8. The minimum absolute atomic E-state index is 0.0673. The Morgan fingerprint density at radius 3 is 2.50 bits per heavy atom. The Hall–Kier alpha value is -3.68. The van der Waals surface area contributed by atoms with Gasteiger partial charge in [0.2, 0.25) is 11.8 Å². The van der Waals surface area contributed by atoms with Crippen LogP contribution in [0.25, 0.3) is 6.08 Å². The second kappa shape index (κ2) is 11.9. The SMILES string of the molecule is CC/C(=C\c1cc(Br)ccc1O)CC[C@H]1OC[C@H]2C1=C(C)C[C@H]1C(=O)N(c3ccc(Nc4ccccc4)cc3)C(=O)[C@H]12. The van der Waals surface area contributed by atoms with Gasteiger partial charge in [0, 0.05) is 27.3 Å². The van der Waals surface area contributed by atoms with E-state index in [1.807, 2.05) is 66.7 Å². The number of hydrogen-bond donors (Lipinski definition) is 2. The molecule has 2 amide bonds.